The summed E-state index contributed by atoms with van der Waals surface area (Å²) in [4.78, 5) is 17.3. The number of hydrogen-bond acceptors (Lipinski definition) is 5. The van der Waals surface area contributed by atoms with Crippen LogP contribution in [0.2, 0.25) is 0 Å². The maximum Gasteiger partial charge on any atom is 0.346 e. The smallest absolute Gasteiger partial charge is 0.272 e. The van der Waals surface area contributed by atoms with E-state index in [1.165, 1.54) is 10.2 Å². The van der Waals surface area contributed by atoms with Gasteiger partial charge in [-0.25, -0.2) is 22.6 Å². The van der Waals surface area contributed by atoms with Crippen LogP contribution in [0.3, 0.4) is 0 Å². The van der Waals surface area contributed by atoms with Gasteiger partial charge in [-0.3, -0.25) is 9.55 Å². The predicted molar refractivity (Wildman–Crippen MR) is 116 cm³/mol. The summed E-state index contributed by atoms with van der Waals surface area (Å²) in [5.74, 6) is 0.582. The van der Waals surface area contributed by atoms with Gasteiger partial charge in [0.25, 0.3) is 0 Å². The highest BCUT2D eigenvalue weighted by Crippen LogP contribution is 2.36. The molecule has 0 unspecified atom stereocenters. The summed E-state index contributed by atoms with van der Waals surface area (Å²) < 4.78 is 31.2. The monoisotopic (exact) mass is 439 g/mol. The van der Waals surface area contributed by atoms with Crippen molar-refractivity contribution in [1.29, 1.82) is 0 Å². The minimum Gasteiger partial charge on any atom is -0.272 e. The van der Waals surface area contributed by atoms with E-state index in [-0.39, 0.29) is 29.7 Å². The van der Waals surface area contributed by atoms with Crippen molar-refractivity contribution in [2.75, 3.05) is 6.54 Å². The second kappa shape index (κ2) is 8.05. The molecule has 1 fully saturated rings. The third kappa shape index (κ3) is 4.07. The third-order valence-electron chi connectivity index (χ3n) is 5.95. The van der Waals surface area contributed by atoms with Crippen LogP contribution in [0.4, 0.5) is 0 Å². The van der Waals surface area contributed by atoms with E-state index >= 15 is 0 Å². The van der Waals surface area contributed by atoms with Gasteiger partial charge in [0.15, 0.2) is 5.82 Å². The molecular formula is C22H25N5O3S. The van der Waals surface area contributed by atoms with Gasteiger partial charge in [-0.05, 0) is 73.9 Å². The van der Waals surface area contributed by atoms with Crippen LogP contribution in [-0.2, 0) is 29.4 Å². The summed E-state index contributed by atoms with van der Waals surface area (Å²) in [5.41, 5.74) is 2.93. The molecule has 2 aliphatic rings. The van der Waals surface area contributed by atoms with Crippen molar-refractivity contribution in [3.05, 3.63) is 64.3 Å². The number of aromatic nitrogens is 4. The van der Waals surface area contributed by atoms with E-state index in [1.807, 2.05) is 18.2 Å². The van der Waals surface area contributed by atoms with Crippen LogP contribution in [0.5, 0.6) is 0 Å². The van der Waals surface area contributed by atoms with Gasteiger partial charge in [0, 0.05) is 30.5 Å². The lowest BCUT2D eigenvalue weighted by atomic mass is 9.92. The Morgan fingerprint density at radius 2 is 1.90 bits per heavy atom. The topological polar surface area (TPSA) is 98.9 Å². The van der Waals surface area contributed by atoms with E-state index in [2.05, 4.69) is 14.8 Å². The lowest BCUT2D eigenvalue weighted by molar-refractivity contribution is 0.546. The number of aryl methyl sites for hydroxylation is 2. The normalized spacial score (nSPS) is 16.3. The molecule has 1 saturated carbocycles. The molecule has 8 nitrogen and oxygen atoms in total. The molecule has 162 valence electrons. The number of nitrogens with zero attached hydrogens (tertiary/aromatic N) is 4. The Balaban J connectivity index is 1.33. The molecule has 31 heavy (non-hydrogen) atoms. The first-order valence-electron chi connectivity index (χ1n) is 10.7. The van der Waals surface area contributed by atoms with E-state index in [9.17, 15) is 13.2 Å². The van der Waals surface area contributed by atoms with E-state index in [0.29, 0.717) is 5.82 Å². The standard InChI is InChI=1S/C22H25N5O3S/c28-22-26(25-21(27(22)19-8-9-19)18-6-3-11-23-15-18)13-12-24-31(29,30)20-10-7-16-4-1-2-5-17(16)14-20/h3,6-7,10-11,14-15,19,24H,1-2,4-5,8-9,12-13H2. The van der Waals surface area contributed by atoms with E-state index in [4.69, 9.17) is 0 Å². The second-order valence-electron chi connectivity index (χ2n) is 8.21. The van der Waals surface area contributed by atoms with Gasteiger partial charge < -0.3 is 0 Å². The van der Waals surface area contributed by atoms with Gasteiger partial charge in [0.1, 0.15) is 0 Å². The van der Waals surface area contributed by atoms with Crippen molar-refractivity contribution < 1.29 is 8.42 Å². The lowest BCUT2D eigenvalue weighted by Crippen LogP contribution is -2.32. The Kier molecular flexibility index (Phi) is 5.23. The number of benzene rings is 1. The summed E-state index contributed by atoms with van der Waals surface area (Å²) in [7, 11) is -3.65. The third-order valence-corrected chi connectivity index (χ3v) is 7.41. The molecule has 0 amide bonds. The second-order valence-corrected chi connectivity index (χ2v) is 9.97. The molecule has 3 aromatic rings. The molecule has 5 rings (SSSR count). The van der Waals surface area contributed by atoms with Gasteiger partial charge in [0.05, 0.1) is 11.4 Å². The summed E-state index contributed by atoms with van der Waals surface area (Å²) in [6.45, 7) is 0.253. The molecule has 0 aliphatic heterocycles. The molecule has 2 aromatic heterocycles. The van der Waals surface area contributed by atoms with Crippen molar-refractivity contribution >= 4 is 10.0 Å². The van der Waals surface area contributed by atoms with Gasteiger partial charge >= 0.3 is 5.69 Å². The van der Waals surface area contributed by atoms with Crippen LogP contribution in [-0.4, -0.2) is 34.3 Å². The summed E-state index contributed by atoms with van der Waals surface area (Å²) in [6.07, 6.45) is 9.43. The molecular weight excluding hydrogens is 414 g/mol. The Hall–Kier alpha value is -2.78. The molecule has 1 aromatic carbocycles. The van der Waals surface area contributed by atoms with Crippen molar-refractivity contribution in [3.8, 4) is 11.4 Å². The molecule has 0 atom stereocenters. The number of nitrogens with one attached hydrogen (secondary N) is 1. The minimum absolute atomic E-state index is 0.0908. The predicted octanol–water partition coefficient (Wildman–Crippen LogP) is 2.30. The fourth-order valence-electron chi connectivity index (χ4n) is 4.17. The van der Waals surface area contributed by atoms with Crippen molar-refractivity contribution in [2.45, 2.75) is 56.0 Å². The number of pyridine rings is 1. The van der Waals surface area contributed by atoms with E-state index in [0.717, 1.165) is 49.7 Å². The van der Waals surface area contributed by atoms with Crippen molar-refractivity contribution in [2.24, 2.45) is 0 Å². The first-order chi connectivity index (χ1) is 15.0. The molecule has 2 aliphatic carbocycles. The molecule has 9 heteroatoms. The quantitative estimate of drug-likeness (QED) is 0.609. The highest BCUT2D eigenvalue weighted by molar-refractivity contribution is 7.89. The van der Waals surface area contributed by atoms with Crippen LogP contribution in [0.25, 0.3) is 11.4 Å². The van der Waals surface area contributed by atoms with Crippen LogP contribution in [0, 0.1) is 0 Å². The number of hydrogen-bond donors (Lipinski definition) is 1. The van der Waals surface area contributed by atoms with Crippen LogP contribution >= 0.6 is 0 Å². The van der Waals surface area contributed by atoms with Gasteiger partial charge in [-0.15, -0.1) is 5.10 Å². The zero-order chi connectivity index (χ0) is 21.4. The average Bonchev–Trinajstić information content (AvgIpc) is 3.57. The average molecular weight is 440 g/mol. The fourth-order valence-corrected chi connectivity index (χ4v) is 5.24. The molecule has 0 spiro atoms. The molecule has 0 bridgehead atoms. The maximum absolute atomic E-state index is 12.9. The van der Waals surface area contributed by atoms with Crippen molar-refractivity contribution in [3.63, 3.8) is 0 Å². The first kappa shape index (κ1) is 20.1. The summed E-state index contributed by atoms with van der Waals surface area (Å²) in [5, 5.41) is 4.48. The molecule has 0 radical (unpaired) electrons. The summed E-state index contributed by atoms with van der Waals surface area (Å²) in [6, 6.07) is 9.21. The SMILES string of the molecule is O=c1n(CCNS(=O)(=O)c2ccc3c(c2)CCCC3)nc(-c2cccnc2)n1C1CC1. The van der Waals surface area contributed by atoms with Gasteiger partial charge in [0.2, 0.25) is 10.0 Å². The number of rotatable bonds is 7. The van der Waals surface area contributed by atoms with Gasteiger partial charge in [-0.1, -0.05) is 6.07 Å². The number of fused-ring (bicyclic) bond motifs is 1. The van der Waals surface area contributed by atoms with Gasteiger partial charge in [-0.2, -0.15) is 0 Å². The zero-order valence-corrected chi connectivity index (χ0v) is 18.0. The summed E-state index contributed by atoms with van der Waals surface area (Å²) >= 11 is 0. The molecule has 1 N–H and O–H groups in total. The molecule has 0 saturated heterocycles. The van der Waals surface area contributed by atoms with E-state index in [1.54, 1.807) is 29.1 Å². The lowest BCUT2D eigenvalue weighted by Gasteiger charge is -2.16. The van der Waals surface area contributed by atoms with E-state index < -0.39 is 10.0 Å². The number of sulfonamides is 1. The van der Waals surface area contributed by atoms with Crippen molar-refractivity contribution in [1.82, 2.24) is 24.1 Å². The zero-order valence-electron chi connectivity index (χ0n) is 17.2. The Labute approximate surface area is 181 Å². The Morgan fingerprint density at radius 1 is 1.10 bits per heavy atom. The minimum atomic E-state index is -3.65. The maximum atomic E-state index is 12.9. The highest BCUT2D eigenvalue weighted by atomic mass is 32.2. The first-order valence-corrected chi connectivity index (χ1v) is 12.2. The Morgan fingerprint density at radius 3 is 2.65 bits per heavy atom. The fraction of sp³-hybridized carbons (Fsp3) is 0.409. The van der Waals surface area contributed by atoms with Crippen LogP contribution in [0.1, 0.15) is 42.9 Å². The van der Waals surface area contributed by atoms with Crippen LogP contribution < -0.4 is 10.4 Å². The van der Waals surface area contributed by atoms with Crippen LogP contribution in [0.15, 0.2) is 52.4 Å². The largest absolute Gasteiger partial charge is 0.346 e. The highest BCUT2D eigenvalue weighted by Gasteiger charge is 2.30. The molecule has 2 heterocycles. The Bertz CT molecular complexity index is 1260.